The summed E-state index contributed by atoms with van der Waals surface area (Å²) in [5.41, 5.74) is 1.46. The molecule has 1 aromatic carbocycles. The molecule has 0 amide bonds. The van der Waals surface area contributed by atoms with Crippen LogP contribution in [0.15, 0.2) is 24.4 Å². The lowest BCUT2D eigenvalue weighted by molar-refractivity contribution is 0.282. The largest absolute Gasteiger partial charge is 0.392 e. The van der Waals surface area contributed by atoms with Gasteiger partial charge in [0, 0.05) is 17.3 Å². The Hall–Kier alpha value is -0.510. The van der Waals surface area contributed by atoms with Crippen molar-refractivity contribution >= 4 is 46.4 Å². The fourth-order valence-corrected chi connectivity index (χ4v) is 2.48. The third-order valence-electron chi connectivity index (χ3n) is 2.43. The van der Waals surface area contributed by atoms with Crippen molar-refractivity contribution in [2.45, 2.75) is 6.61 Å². The van der Waals surface area contributed by atoms with Crippen LogP contribution in [0.3, 0.4) is 0 Å². The number of rotatable bonds is 2. The van der Waals surface area contributed by atoms with Gasteiger partial charge >= 0.3 is 0 Å². The van der Waals surface area contributed by atoms with Gasteiger partial charge in [0.05, 0.1) is 32.4 Å². The summed E-state index contributed by atoms with van der Waals surface area (Å²) >= 11 is 24.1. The number of aliphatic hydroxyl groups excluding tert-OH is 1. The number of benzene rings is 1. The molecule has 2 rings (SSSR count). The molecule has 0 saturated carbocycles. The third kappa shape index (κ3) is 2.44. The van der Waals surface area contributed by atoms with Gasteiger partial charge < -0.3 is 5.11 Å². The minimum Gasteiger partial charge on any atom is -0.392 e. The van der Waals surface area contributed by atoms with Crippen LogP contribution < -0.4 is 0 Å². The Morgan fingerprint density at radius 3 is 2.39 bits per heavy atom. The second-order valence-electron chi connectivity index (χ2n) is 3.51. The zero-order valence-corrected chi connectivity index (χ0v) is 11.9. The van der Waals surface area contributed by atoms with Crippen molar-refractivity contribution in [3.05, 3.63) is 50.0 Å². The highest BCUT2D eigenvalue weighted by molar-refractivity contribution is 6.44. The second kappa shape index (κ2) is 5.64. The number of hydrogen-bond acceptors (Lipinski definition) is 2. The summed E-state index contributed by atoms with van der Waals surface area (Å²) in [6.07, 6.45) is 1.42. The highest BCUT2D eigenvalue weighted by Crippen LogP contribution is 2.38. The molecule has 6 heteroatoms. The van der Waals surface area contributed by atoms with Crippen molar-refractivity contribution < 1.29 is 5.11 Å². The topological polar surface area (TPSA) is 33.1 Å². The molecule has 0 aliphatic heterocycles. The average molecular weight is 323 g/mol. The Bertz CT molecular complexity index is 601. The lowest BCUT2D eigenvalue weighted by Crippen LogP contribution is -1.94. The average Bonchev–Trinajstić information content (AvgIpc) is 2.34. The molecule has 0 aliphatic rings. The summed E-state index contributed by atoms with van der Waals surface area (Å²) in [6.45, 7) is -0.272. The fraction of sp³-hybridized carbons (Fsp3) is 0.0833. The Morgan fingerprint density at radius 2 is 1.72 bits per heavy atom. The van der Waals surface area contributed by atoms with Gasteiger partial charge in [0.1, 0.15) is 0 Å². The van der Waals surface area contributed by atoms with Crippen molar-refractivity contribution in [1.82, 2.24) is 4.98 Å². The number of hydrogen-bond donors (Lipinski definition) is 1. The van der Waals surface area contributed by atoms with Crippen LogP contribution in [0.4, 0.5) is 0 Å². The number of nitrogens with zero attached hydrogens (tertiary/aromatic N) is 1. The molecular formula is C12H7Cl4NO. The van der Waals surface area contributed by atoms with Gasteiger partial charge in [-0.15, -0.1) is 0 Å². The summed E-state index contributed by atoms with van der Waals surface area (Å²) in [7, 11) is 0. The van der Waals surface area contributed by atoms with Crippen molar-refractivity contribution in [1.29, 1.82) is 0 Å². The molecular weight excluding hydrogens is 316 g/mol. The molecule has 0 bridgehead atoms. The summed E-state index contributed by atoms with van der Waals surface area (Å²) in [5.74, 6) is 0. The first-order chi connectivity index (χ1) is 8.56. The smallest absolute Gasteiger partial charge is 0.0908 e. The Balaban J connectivity index is 2.69. The molecule has 1 heterocycles. The maximum absolute atomic E-state index is 9.24. The first kappa shape index (κ1) is 13.9. The zero-order valence-electron chi connectivity index (χ0n) is 8.92. The SMILES string of the molecule is OCc1c(Cl)cnc(-c2cccc(Cl)c2Cl)c1Cl. The van der Waals surface area contributed by atoms with Gasteiger partial charge in [-0.25, -0.2) is 0 Å². The molecule has 0 radical (unpaired) electrons. The molecule has 0 atom stereocenters. The Labute approximate surface area is 124 Å². The fourth-order valence-electron chi connectivity index (χ4n) is 1.52. The van der Waals surface area contributed by atoms with Gasteiger partial charge in [-0.2, -0.15) is 0 Å². The lowest BCUT2D eigenvalue weighted by atomic mass is 10.1. The number of aromatic nitrogens is 1. The molecule has 2 aromatic rings. The van der Waals surface area contributed by atoms with Gasteiger partial charge in [-0.3, -0.25) is 4.98 Å². The Kier molecular flexibility index (Phi) is 4.36. The van der Waals surface area contributed by atoms with Crippen molar-refractivity contribution in [2.75, 3.05) is 0 Å². The molecule has 0 spiro atoms. The number of pyridine rings is 1. The molecule has 1 N–H and O–H groups in total. The number of aliphatic hydroxyl groups is 1. The first-order valence-electron chi connectivity index (χ1n) is 4.94. The Morgan fingerprint density at radius 1 is 1.00 bits per heavy atom. The van der Waals surface area contributed by atoms with E-state index in [1.807, 2.05) is 0 Å². The van der Waals surface area contributed by atoms with Crippen LogP contribution in [0, 0.1) is 0 Å². The molecule has 0 unspecified atom stereocenters. The maximum Gasteiger partial charge on any atom is 0.0908 e. The van der Waals surface area contributed by atoms with Crippen LogP contribution >= 0.6 is 46.4 Å². The zero-order chi connectivity index (χ0) is 13.3. The van der Waals surface area contributed by atoms with Crippen LogP contribution in [0.25, 0.3) is 11.3 Å². The van der Waals surface area contributed by atoms with E-state index in [4.69, 9.17) is 46.4 Å². The normalized spacial score (nSPS) is 10.7. The molecule has 94 valence electrons. The van der Waals surface area contributed by atoms with Gasteiger partial charge in [0.15, 0.2) is 0 Å². The van der Waals surface area contributed by atoms with E-state index in [2.05, 4.69) is 4.98 Å². The minimum atomic E-state index is -0.272. The lowest BCUT2D eigenvalue weighted by Gasteiger charge is -2.10. The van der Waals surface area contributed by atoms with Crippen LogP contribution in [0.1, 0.15) is 5.56 Å². The van der Waals surface area contributed by atoms with Crippen molar-refractivity contribution in [3.63, 3.8) is 0 Å². The molecule has 1 aromatic heterocycles. The summed E-state index contributed by atoms with van der Waals surface area (Å²) < 4.78 is 0. The predicted molar refractivity (Wildman–Crippen MR) is 75.6 cm³/mol. The predicted octanol–water partition coefficient (Wildman–Crippen LogP) is 4.85. The van der Waals surface area contributed by atoms with Crippen LogP contribution in [-0.4, -0.2) is 10.1 Å². The van der Waals surface area contributed by atoms with Gasteiger partial charge in [-0.05, 0) is 6.07 Å². The highest BCUT2D eigenvalue weighted by Gasteiger charge is 2.16. The van der Waals surface area contributed by atoms with Gasteiger partial charge in [0.25, 0.3) is 0 Å². The summed E-state index contributed by atoms with van der Waals surface area (Å²) in [5, 5.41) is 10.6. The van der Waals surface area contributed by atoms with E-state index >= 15 is 0 Å². The third-order valence-corrected chi connectivity index (χ3v) is 3.98. The molecule has 0 aliphatic carbocycles. The standard InChI is InChI=1S/C12H7Cl4NO/c13-8-3-1-2-6(10(8)15)12-11(16)7(5-18)9(14)4-17-12/h1-4,18H,5H2. The monoisotopic (exact) mass is 321 g/mol. The quantitative estimate of drug-likeness (QED) is 0.857. The van der Waals surface area contributed by atoms with Gasteiger partial charge in [-0.1, -0.05) is 58.5 Å². The number of halogens is 4. The second-order valence-corrected chi connectivity index (χ2v) is 5.08. The van der Waals surface area contributed by atoms with E-state index in [1.54, 1.807) is 18.2 Å². The van der Waals surface area contributed by atoms with Crippen molar-refractivity contribution in [2.24, 2.45) is 0 Å². The summed E-state index contributed by atoms with van der Waals surface area (Å²) in [4.78, 5) is 4.14. The van der Waals surface area contributed by atoms with Crippen LogP contribution in [-0.2, 0) is 6.61 Å². The highest BCUT2D eigenvalue weighted by atomic mass is 35.5. The van der Waals surface area contributed by atoms with E-state index in [0.29, 0.717) is 31.9 Å². The van der Waals surface area contributed by atoms with E-state index in [0.717, 1.165) is 0 Å². The minimum absolute atomic E-state index is 0.272. The van der Waals surface area contributed by atoms with Crippen LogP contribution in [0.5, 0.6) is 0 Å². The molecule has 0 fully saturated rings. The first-order valence-corrected chi connectivity index (χ1v) is 6.45. The van der Waals surface area contributed by atoms with Crippen molar-refractivity contribution in [3.8, 4) is 11.3 Å². The molecule has 2 nitrogen and oxygen atoms in total. The molecule has 0 saturated heterocycles. The molecule has 18 heavy (non-hydrogen) atoms. The van der Waals surface area contributed by atoms with E-state index in [9.17, 15) is 5.11 Å². The van der Waals surface area contributed by atoms with E-state index in [-0.39, 0.29) is 11.6 Å². The maximum atomic E-state index is 9.24. The van der Waals surface area contributed by atoms with E-state index < -0.39 is 0 Å². The summed E-state index contributed by atoms with van der Waals surface area (Å²) in [6, 6.07) is 5.16. The van der Waals surface area contributed by atoms with E-state index in [1.165, 1.54) is 6.20 Å². The van der Waals surface area contributed by atoms with Crippen LogP contribution in [0.2, 0.25) is 20.1 Å². The van der Waals surface area contributed by atoms with Gasteiger partial charge in [0.2, 0.25) is 0 Å².